The number of amides is 1. The fourth-order valence-corrected chi connectivity index (χ4v) is 4.54. The van der Waals surface area contributed by atoms with Crippen LogP contribution in [0.3, 0.4) is 0 Å². The van der Waals surface area contributed by atoms with Gasteiger partial charge in [-0.25, -0.2) is 0 Å². The van der Waals surface area contributed by atoms with Crippen molar-refractivity contribution in [3.63, 3.8) is 0 Å². The second kappa shape index (κ2) is 7.44. The van der Waals surface area contributed by atoms with Crippen molar-refractivity contribution in [2.75, 3.05) is 31.1 Å². The van der Waals surface area contributed by atoms with Crippen molar-refractivity contribution >= 4 is 23.2 Å². The van der Waals surface area contributed by atoms with E-state index in [1.807, 2.05) is 17.0 Å². The van der Waals surface area contributed by atoms with E-state index in [4.69, 9.17) is 11.6 Å². The van der Waals surface area contributed by atoms with E-state index >= 15 is 0 Å². The lowest BCUT2D eigenvalue weighted by molar-refractivity contribution is -0.0361. The molecule has 2 aromatic heterocycles. The molecular weight excluding hydrogens is 364 g/mol. The van der Waals surface area contributed by atoms with Crippen LogP contribution in [0.5, 0.6) is 0 Å². The van der Waals surface area contributed by atoms with Crippen LogP contribution in [0.15, 0.2) is 43.0 Å². The summed E-state index contributed by atoms with van der Waals surface area (Å²) in [7, 11) is 0. The van der Waals surface area contributed by atoms with Crippen LogP contribution in [0.4, 0.5) is 5.69 Å². The maximum atomic E-state index is 13.0. The molecule has 1 spiro atoms. The van der Waals surface area contributed by atoms with Crippen molar-refractivity contribution in [3.8, 4) is 0 Å². The molecule has 27 heavy (non-hydrogen) atoms. The first kappa shape index (κ1) is 18.2. The Labute approximate surface area is 163 Å². The molecule has 2 atom stereocenters. The summed E-state index contributed by atoms with van der Waals surface area (Å²) in [6.45, 7) is 2.77. The Hall–Kier alpha value is -2.18. The molecule has 2 aromatic rings. The summed E-state index contributed by atoms with van der Waals surface area (Å²) in [6, 6.07) is 5.64. The molecule has 0 radical (unpaired) electrons. The first-order valence-electron chi connectivity index (χ1n) is 9.30. The number of hydrogen-bond donors (Lipinski definition) is 1. The zero-order valence-electron chi connectivity index (χ0n) is 15.1. The summed E-state index contributed by atoms with van der Waals surface area (Å²) in [6.07, 6.45) is 8.72. The van der Waals surface area contributed by atoms with Crippen molar-refractivity contribution in [3.05, 3.63) is 53.6 Å². The van der Waals surface area contributed by atoms with Crippen molar-refractivity contribution < 1.29 is 9.90 Å². The maximum Gasteiger partial charge on any atom is 0.255 e. The molecule has 0 unspecified atom stereocenters. The Balaban J connectivity index is 1.55. The highest BCUT2D eigenvalue weighted by molar-refractivity contribution is 6.30. The predicted molar refractivity (Wildman–Crippen MR) is 104 cm³/mol. The number of nitrogens with zero attached hydrogens (tertiary/aromatic N) is 4. The van der Waals surface area contributed by atoms with Gasteiger partial charge in [-0.3, -0.25) is 14.8 Å². The molecule has 0 aliphatic carbocycles. The highest BCUT2D eigenvalue weighted by Crippen LogP contribution is 2.40. The Morgan fingerprint density at radius 1 is 1.19 bits per heavy atom. The Morgan fingerprint density at radius 2 is 2.00 bits per heavy atom. The summed E-state index contributed by atoms with van der Waals surface area (Å²) < 4.78 is 0. The number of piperidine rings is 2. The van der Waals surface area contributed by atoms with Gasteiger partial charge in [0.25, 0.3) is 5.91 Å². The van der Waals surface area contributed by atoms with Crippen LogP contribution in [0.25, 0.3) is 0 Å². The van der Waals surface area contributed by atoms with Crippen molar-refractivity contribution in [2.45, 2.75) is 25.4 Å². The number of hydrogen-bond acceptors (Lipinski definition) is 5. The molecule has 2 saturated heterocycles. The Morgan fingerprint density at radius 3 is 2.78 bits per heavy atom. The van der Waals surface area contributed by atoms with Gasteiger partial charge in [0, 0.05) is 62.1 Å². The monoisotopic (exact) mass is 386 g/mol. The lowest BCUT2D eigenvalue weighted by Gasteiger charge is -2.51. The van der Waals surface area contributed by atoms with Gasteiger partial charge in [-0.15, -0.1) is 0 Å². The average Bonchev–Trinajstić information content (AvgIpc) is 2.70. The van der Waals surface area contributed by atoms with E-state index in [1.54, 1.807) is 24.7 Å². The van der Waals surface area contributed by atoms with Crippen LogP contribution >= 0.6 is 11.6 Å². The van der Waals surface area contributed by atoms with Crippen molar-refractivity contribution in [1.82, 2.24) is 14.9 Å². The SMILES string of the molecule is O=C(c1cncc(Cl)c1)N1CCC[C@]2(C1)CN(c1ccncc1)CC[C@H]2O. The zero-order chi connectivity index (χ0) is 18.9. The van der Waals surface area contributed by atoms with E-state index < -0.39 is 6.10 Å². The fourth-order valence-electron chi connectivity index (χ4n) is 4.37. The standard InChI is InChI=1S/C20H23ClN4O2/c21-16-10-15(11-23-12-16)19(27)25-8-1-5-20(14-25)13-24(9-4-18(20)26)17-2-6-22-7-3-17/h2-3,6-7,10-12,18,26H,1,4-5,8-9,13-14H2/t18-,20-/m1/s1. The predicted octanol–water partition coefficient (Wildman–Crippen LogP) is 2.62. The maximum absolute atomic E-state index is 13.0. The van der Waals surface area contributed by atoms with Crippen molar-refractivity contribution in [2.24, 2.45) is 5.41 Å². The second-order valence-corrected chi connectivity index (χ2v) is 7.95. The normalized spacial score (nSPS) is 25.6. The summed E-state index contributed by atoms with van der Waals surface area (Å²) in [4.78, 5) is 25.2. The molecule has 0 aromatic carbocycles. The van der Waals surface area contributed by atoms with Gasteiger partial charge in [-0.1, -0.05) is 11.6 Å². The van der Waals surface area contributed by atoms with E-state index in [-0.39, 0.29) is 11.3 Å². The third kappa shape index (κ3) is 3.64. The van der Waals surface area contributed by atoms with Gasteiger partial charge in [0.1, 0.15) is 0 Å². The zero-order valence-corrected chi connectivity index (χ0v) is 15.8. The molecule has 4 rings (SSSR count). The largest absolute Gasteiger partial charge is 0.392 e. The Kier molecular flexibility index (Phi) is 5.02. The third-order valence-corrected chi connectivity index (χ3v) is 5.97. The number of halogens is 1. The molecule has 0 bridgehead atoms. The number of aliphatic hydroxyl groups is 1. The third-order valence-electron chi connectivity index (χ3n) is 5.76. The molecule has 4 heterocycles. The van der Waals surface area contributed by atoms with Crippen LogP contribution < -0.4 is 4.90 Å². The summed E-state index contributed by atoms with van der Waals surface area (Å²) >= 11 is 6.00. The van der Waals surface area contributed by atoms with E-state index in [0.29, 0.717) is 30.1 Å². The highest BCUT2D eigenvalue weighted by atomic mass is 35.5. The topological polar surface area (TPSA) is 69.6 Å². The minimum atomic E-state index is -0.413. The summed E-state index contributed by atoms with van der Waals surface area (Å²) in [5, 5.41) is 11.3. The average molecular weight is 387 g/mol. The molecule has 2 fully saturated rings. The number of anilines is 1. The van der Waals surface area contributed by atoms with Crippen LogP contribution in [0, 0.1) is 5.41 Å². The molecule has 142 valence electrons. The number of carbonyl (C=O) groups is 1. The van der Waals surface area contributed by atoms with Crippen LogP contribution in [0.1, 0.15) is 29.6 Å². The Bertz CT molecular complexity index is 819. The number of likely N-dealkylation sites (tertiary alicyclic amines) is 1. The van der Waals surface area contributed by atoms with Gasteiger partial charge in [-0.2, -0.15) is 0 Å². The molecule has 1 N–H and O–H groups in total. The summed E-state index contributed by atoms with van der Waals surface area (Å²) in [5.41, 5.74) is 1.29. The van der Waals surface area contributed by atoms with E-state index in [1.165, 1.54) is 6.20 Å². The number of carbonyl (C=O) groups excluding carboxylic acids is 1. The van der Waals surface area contributed by atoms with E-state index in [2.05, 4.69) is 14.9 Å². The molecule has 6 nitrogen and oxygen atoms in total. The number of pyridine rings is 2. The van der Waals surface area contributed by atoms with Crippen LogP contribution in [-0.2, 0) is 0 Å². The van der Waals surface area contributed by atoms with Crippen LogP contribution in [-0.4, -0.2) is 58.2 Å². The van der Waals surface area contributed by atoms with Crippen LogP contribution in [0.2, 0.25) is 5.02 Å². The van der Waals surface area contributed by atoms with E-state index in [9.17, 15) is 9.90 Å². The lowest BCUT2D eigenvalue weighted by atomic mass is 9.71. The smallest absolute Gasteiger partial charge is 0.255 e. The minimum absolute atomic E-state index is 0.0719. The second-order valence-electron chi connectivity index (χ2n) is 7.52. The van der Waals surface area contributed by atoms with Gasteiger partial charge in [0.15, 0.2) is 0 Å². The minimum Gasteiger partial charge on any atom is -0.392 e. The molecule has 0 saturated carbocycles. The van der Waals surface area contributed by atoms with Gasteiger partial charge >= 0.3 is 0 Å². The van der Waals surface area contributed by atoms with Gasteiger partial charge < -0.3 is 14.9 Å². The van der Waals surface area contributed by atoms with Gasteiger partial charge in [-0.05, 0) is 37.5 Å². The van der Waals surface area contributed by atoms with Gasteiger partial charge in [0.05, 0.1) is 16.7 Å². The number of aromatic nitrogens is 2. The fraction of sp³-hybridized carbons (Fsp3) is 0.450. The molecule has 1 amide bonds. The quantitative estimate of drug-likeness (QED) is 0.859. The number of rotatable bonds is 2. The highest BCUT2D eigenvalue weighted by Gasteiger charge is 2.46. The lowest BCUT2D eigenvalue weighted by Crippen LogP contribution is -2.60. The first-order valence-corrected chi connectivity index (χ1v) is 9.68. The number of aliphatic hydroxyl groups excluding tert-OH is 1. The molecule has 7 heteroatoms. The summed E-state index contributed by atoms with van der Waals surface area (Å²) in [5.74, 6) is -0.0719. The first-order chi connectivity index (χ1) is 13.1. The molecular formula is C20H23ClN4O2. The molecule has 2 aliphatic heterocycles. The molecule has 2 aliphatic rings. The van der Waals surface area contributed by atoms with Crippen molar-refractivity contribution in [1.29, 1.82) is 0 Å². The van der Waals surface area contributed by atoms with E-state index in [0.717, 1.165) is 31.6 Å². The van der Waals surface area contributed by atoms with Gasteiger partial charge in [0.2, 0.25) is 0 Å².